The number of aliphatic hydroxyl groups excluding tert-OH is 2. The molecule has 0 aromatic heterocycles. The highest BCUT2D eigenvalue weighted by atomic mass is 16.6. The molecule has 0 aromatic carbocycles. The van der Waals surface area contributed by atoms with Crippen molar-refractivity contribution < 1.29 is 29.3 Å². The van der Waals surface area contributed by atoms with Crippen molar-refractivity contribution in [2.24, 2.45) is 0 Å². The summed E-state index contributed by atoms with van der Waals surface area (Å²) in [4.78, 5) is 21.5. The molecule has 0 aliphatic carbocycles. The highest BCUT2D eigenvalue weighted by molar-refractivity contribution is 5.71. The Hall–Kier alpha value is -1.14. The zero-order valence-electron chi connectivity index (χ0n) is 16.3. The second kappa shape index (κ2) is 13.1. The van der Waals surface area contributed by atoms with E-state index in [1.54, 1.807) is 0 Å². The molecule has 152 valence electrons. The second-order valence-electron chi connectivity index (χ2n) is 7.26. The van der Waals surface area contributed by atoms with Crippen LogP contribution in [0.25, 0.3) is 0 Å². The lowest BCUT2D eigenvalue weighted by Crippen LogP contribution is -2.25. The largest absolute Gasteiger partial charge is 0.460 e. The van der Waals surface area contributed by atoms with Gasteiger partial charge in [-0.1, -0.05) is 52.4 Å². The molecular weight excluding hydrogens is 336 g/mol. The zero-order chi connectivity index (χ0) is 19.4. The molecule has 4 atom stereocenters. The Kier molecular flexibility index (Phi) is 11.5. The van der Waals surface area contributed by atoms with Gasteiger partial charge in [-0.3, -0.25) is 9.59 Å². The molecule has 0 amide bonds. The number of aliphatic hydroxyl groups is 2. The van der Waals surface area contributed by atoms with E-state index < -0.39 is 12.2 Å². The minimum atomic E-state index is -0.446. The Labute approximate surface area is 157 Å². The monoisotopic (exact) mass is 372 g/mol. The number of carbonyl (C=O) groups is 2. The van der Waals surface area contributed by atoms with Crippen molar-refractivity contribution in [3.63, 3.8) is 0 Å². The van der Waals surface area contributed by atoms with Crippen LogP contribution >= 0.6 is 0 Å². The van der Waals surface area contributed by atoms with Crippen LogP contribution in [-0.4, -0.2) is 46.6 Å². The maximum atomic E-state index is 10.8. The number of ether oxygens (including phenoxy) is 2. The fourth-order valence-electron chi connectivity index (χ4n) is 3.21. The quantitative estimate of drug-likeness (QED) is 0.452. The molecule has 2 N–H and O–H groups in total. The summed E-state index contributed by atoms with van der Waals surface area (Å²) < 4.78 is 9.93. The lowest BCUT2D eigenvalue weighted by atomic mass is 10.0. The third-order valence-corrected chi connectivity index (χ3v) is 4.90. The smallest absolute Gasteiger partial charge is 0.306 e. The van der Waals surface area contributed by atoms with Gasteiger partial charge in [0, 0.05) is 12.8 Å². The van der Waals surface area contributed by atoms with E-state index in [1.165, 1.54) is 0 Å². The molecule has 0 spiro atoms. The molecular formula is C20H36O6. The number of hydrogen-bond acceptors (Lipinski definition) is 6. The van der Waals surface area contributed by atoms with Crippen LogP contribution in [0.15, 0.2) is 0 Å². The standard InChI is InChI=1S/2C10H18O3/c2*1-2-3-4-5-8(11)9-6-7-10(12)13-9/h2*8-9,11H,2-7H2,1H3/t8-,9+;8-,9-/m10/s1. The van der Waals surface area contributed by atoms with Crippen molar-refractivity contribution in [1.82, 2.24) is 0 Å². The van der Waals surface area contributed by atoms with Crippen molar-refractivity contribution in [3.05, 3.63) is 0 Å². The molecule has 6 heteroatoms. The van der Waals surface area contributed by atoms with Crippen molar-refractivity contribution >= 4 is 11.9 Å². The lowest BCUT2D eigenvalue weighted by Gasteiger charge is -2.16. The summed E-state index contributed by atoms with van der Waals surface area (Å²) in [5.74, 6) is -0.334. The van der Waals surface area contributed by atoms with Crippen LogP contribution in [0, 0.1) is 0 Å². The third-order valence-electron chi connectivity index (χ3n) is 4.90. The molecule has 2 rings (SSSR count). The topological polar surface area (TPSA) is 93.1 Å². The first-order valence-corrected chi connectivity index (χ1v) is 10.2. The molecule has 6 nitrogen and oxygen atoms in total. The summed E-state index contributed by atoms with van der Waals surface area (Å²) >= 11 is 0. The van der Waals surface area contributed by atoms with E-state index in [2.05, 4.69) is 13.8 Å². The minimum absolute atomic E-state index is 0.167. The number of unbranched alkanes of at least 4 members (excludes halogenated alkanes) is 4. The number of carbonyl (C=O) groups excluding carboxylic acids is 2. The van der Waals surface area contributed by atoms with Crippen LogP contribution in [0.4, 0.5) is 0 Å². The number of esters is 2. The Morgan fingerprint density at radius 2 is 1.19 bits per heavy atom. The first-order valence-electron chi connectivity index (χ1n) is 10.2. The van der Waals surface area contributed by atoms with Gasteiger partial charge in [-0.25, -0.2) is 0 Å². The number of rotatable bonds is 10. The first-order chi connectivity index (χ1) is 12.5. The Morgan fingerprint density at radius 3 is 1.46 bits per heavy atom. The molecule has 0 aromatic rings. The minimum Gasteiger partial charge on any atom is -0.460 e. The van der Waals surface area contributed by atoms with Gasteiger partial charge in [-0.05, 0) is 25.7 Å². The van der Waals surface area contributed by atoms with Gasteiger partial charge in [0.1, 0.15) is 12.2 Å². The first kappa shape index (κ1) is 22.9. The predicted octanol–water partition coefficient (Wildman–Crippen LogP) is 3.27. The summed E-state index contributed by atoms with van der Waals surface area (Å²) in [5, 5.41) is 19.2. The SMILES string of the molecule is CCCCC[C@@H](O)[C@@H]1CCC(=O)O1.CCCCC[C@H](O)[C@@H]1CCC(=O)O1. The van der Waals surface area contributed by atoms with Crippen LogP contribution in [0.3, 0.4) is 0 Å². The van der Waals surface area contributed by atoms with E-state index in [0.717, 1.165) is 51.4 Å². The maximum absolute atomic E-state index is 10.8. The zero-order valence-corrected chi connectivity index (χ0v) is 16.3. The Morgan fingerprint density at radius 1 is 0.808 bits per heavy atom. The van der Waals surface area contributed by atoms with Crippen LogP contribution in [-0.2, 0) is 19.1 Å². The molecule has 0 unspecified atom stereocenters. The van der Waals surface area contributed by atoms with Crippen LogP contribution in [0.5, 0.6) is 0 Å². The average molecular weight is 373 g/mol. The van der Waals surface area contributed by atoms with Crippen molar-refractivity contribution in [2.45, 2.75) is 115 Å². The molecule has 2 heterocycles. The molecule has 2 fully saturated rings. The van der Waals surface area contributed by atoms with Gasteiger partial charge in [0.25, 0.3) is 0 Å². The van der Waals surface area contributed by atoms with Gasteiger partial charge in [0.15, 0.2) is 0 Å². The van der Waals surface area contributed by atoms with E-state index in [9.17, 15) is 19.8 Å². The molecule has 2 saturated heterocycles. The molecule has 2 aliphatic rings. The molecule has 0 radical (unpaired) electrons. The summed E-state index contributed by atoms with van der Waals surface area (Å²) in [5.41, 5.74) is 0. The summed E-state index contributed by atoms with van der Waals surface area (Å²) in [6.07, 6.45) is 9.08. The highest BCUT2D eigenvalue weighted by Gasteiger charge is 2.30. The highest BCUT2D eigenvalue weighted by Crippen LogP contribution is 2.21. The van der Waals surface area contributed by atoms with Gasteiger partial charge < -0.3 is 19.7 Å². The van der Waals surface area contributed by atoms with Gasteiger partial charge in [-0.15, -0.1) is 0 Å². The molecule has 0 bridgehead atoms. The molecule has 0 saturated carbocycles. The maximum Gasteiger partial charge on any atom is 0.306 e. The van der Waals surface area contributed by atoms with Crippen LogP contribution in [0.1, 0.15) is 90.9 Å². The third kappa shape index (κ3) is 8.99. The van der Waals surface area contributed by atoms with Gasteiger partial charge >= 0.3 is 11.9 Å². The molecule has 2 aliphatic heterocycles. The van der Waals surface area contributed by atoms with Gasteiger partial charge in [0.05, 0.1) is 12.2 Å². The Bertz CT molecular complexity index is 373. The van der Waals surface area contributed by atoms with E-state index in [0.29, 0.717) is 25.7 Å². The average Bonchev–Trinajstić information content (AvgIpc) is 3.24. The number of cyclic esters (lactones) is 2. The lowest BCUT2D eigenvalue weighted by molar-refractivity contribution is -0.146. The molecule has 26 heavy (non-hydrogen) atoms. The van der Waals surface area contributed by atoms with Crippen molar-refractivity contribution in [3.8, 4) is 0 Å². The van der Waals surface area contributed by atoms with Gasteiger partial charge in [-0.2, -0.15) is 0 Å². The van der Waals surface area contributed by atoms with E-state index in [1.807, 2.05) is 0 Å². The van der Waals surface area contributed by atoms with Crippen molar-refractivity contribution in [1.29, 1.82) is 0 Å². The summed E-state index contributed by atoms with van der Waals surface area (Å²) in [6, 6.07) is 0. The van der Waals surface area contributed by atoms with Gasteiger partial charge in [0.2, 0.25) is 0 Å². The number of hydrogen-bond donors (Lipinski definition) is 2. The summed E-state index contributed by atoms with van der Waals surface area (Å²) in [6.45, 7) is 4.25. The van der Waals surface area contributed by atoms with Crippen LogP contribution in [0.2, 0.25) is 0 Å². The Balaban J connectivity index is 0.000000260. The summed E-state index contributed by atoms with van der Waals surface area (Å²) in [7, 11) is 0. The fraction of sp³-hybridized carbons (Fsp3) is 0.900. The van der Waals surface area contributed by atoms with Crippen molar-refractivity contribution in [2.75, 3.05) is 0 Å². The predicted molar refractivity (Wildman–Crippen MR) is 98.5 cm³/mol. The normalized spacial score (nSPS) is 24.5. The van der Waals surface area contributed by atoms with E-state index >= 15 is 0 Å². The second-order valence-corrected chi connectivity index (χ2v) is 7.26. The van der Waals surface area contributed by atoms with E-state index in [4.69, 9.17) is 9.47 Å². The fourth-order valence-corrected chi connectivity index (χ4v) is 3.21. The van der Waals surface area contributed by atoms with E-state index in [-0.39, 0.29) is 24.1 Å². The van der Waals surface area contributed by atoms with Crippen LogP contribution < -0.4 is 0 Å².